The minimum atomic E-state index is -0.0254. The molecule has 2 aromatic rings. The topological polar surface area (TPSA) is 64.6 Å². The molecule has 1 fully saturated rings. The van der Waals surface area contributed by atoms with Gasteiger partial charge in [0, 0.05) is 51.9 Å². The fourth-order valence-electron chi connectivity index (χ4n) is 3.18. The average Bonchev–Trinajstić information content (AvgIpc) is 2.74. The highest BCUT2D eigenvalue weighted by atomic mass is 16.2. The molecule has 0 atom stereocenters. The van der Waals surface area contributed by atoms with Crippen LogP contribution in [0.3, 0.4) is 0 Å². The third-order valence-corrected chi connectivity index (χ3v) is 4.88. The normalized spacial score (nSPS) is 15.2. The van der Waals surface area contributed by atoms with Crippen LogP contribution in [0.4, 0.5) is 5.82 Å². The molecule has 1 amide bonds. The van der Waals surface area contributed by atoms with Crippen LogP contribution in [-0.4, -0.2) is 90.5 Å². The fourth-order valence-corrected chi connectivity index (χ4v) is 3.18. The number of carbonyl (C=O) groups is 1. The zero-order chi connectivity index (χ0) is 20.5. The summed E-state index contributed by atoms with van der Waals surface area (Å²) in [5.41, 5.74) is 1.66. The largest absolute Gasteiger partial charge is 0.369 e. The number of amides is 1. The third kappa shape index (κ3) is 6.66. The number of aromatic nitrogens is 2. The van der Waals surface area contributed by atoms with E-state index in [1.54, 1.807) is 6.07 Å². The molecule has 154 valence electrons. The molecular weight excluding hydrogens is 364 g/mol. The van der Waals surface area contributed by atoms with Crippen molar-refractivity contribution in [2.75, 3.05) is 65.2 Å². The SMILES string of the molecule is CN(C)CCNc1cc(C(=O)N2CCN(C/C=C/c3ccccc3)CC2)ncn1. The van der Waals surface area contributed by atoms with Crippen LogP contribution in [0, 0.1) is 0 Å². The van der Waals surface area contributed by atoms with E-state index in [-0.39, 0.29) is 5.91 Å². The first-order valence-electron chi connectivity index (χ1n) is 10.1. The number of hydrogen-bond donors (Lipinski definition) is 1. The van der Waals surface area contributed by atoms with E-state index in [0.717, 1.165) is 32.7 Å². The van der Waals surface area contributed by atoms with Gasteiger partial charge in [0.05, 0.1) is 0 Å². The number of benzene rings is 1. The standard InChI is InChI=1S/C22H30N6O/c1-26(2)12-10-23-21-17-20(24-18-25-21)22(29)28-15-13-27(14-16-28)11-6-9-19-7-4-3-5-8-19/h3-9,17-18H,10-16H2,1-2H3,(H,23,24,25)/b9-6+. The van der Waals surface area contributed by atoms with Gasteiger partial charge < -0.3 is 15.1 Å². The second-order valence-electron chi connectivity index (χ2n) is 7.42. The van der Waals surface area contributed by atoms with Gasteiger partial charge in [0.1, 0.15) is 17.8 Å². The van der Waals surface area contributed by atoms with Crippen LogP contribution in [-0.2, 0) is 0 Å². The van der Waals surface area contributed by atoms with Gasteiger partial charge in [-0.15, -0.1) is 0 Å². The maximum Gasteiger partial charge on any atom is 0.272 e. The van der Waals surface area contributed by atoms with Gasteiger partial charge in [0.15, 0.2) is 0 Å². The number of rotatable bonds is 8. The van der Waals surface area contributed by atoms with Crippen LogP contribution in [0.2, 0.25) is 0 Å². The van der Waals surface area contributed by atoms with Gasteiger partial charge in [0.25, 0.3) is 5.91 Å². The predicted molar refractivity (Wildman–Crippen MR) is 117 cm³/mol. The van der Waals surface area contributed by atoms with E-state index in [2.05, 4.69) is 49.4 Å². The van der Waals surface area contributed by atoms with E-state index in [9.17, 15) is 4.79 Å². The van der Waals surface area contributed by atoms with Gasteiger partial charge in [-0.3, -0.25) is 9.69 Å². The van der Waals surface area contributed by atoms with Gasteiger partial charge in [-0.2, -0.15) is 0 Å². The summed E-state index contributed by atoms with van der Waals surface area (Å²) in [6, 6.07) is 12.0. The molecule has 7 heteroatoms. The molecule has 1 N–H and O–H groups in total. The van der Waals surface area contributed by atoms with Crippen molar-refractivity contribution in [3.8, 4) is 0 Å². The summed E-state index contributed by atoms with van der Waals surface area (Å²) in [7, 11) is 4.04. The van der Waals surface area contributed by atoms with Gasteiger partial charge in [-0.1, -0.05) is 42.5 Å². The summed E-state index contributed by atoms with van der Waals surface area (Å²) in [5.74, 6) is 0.664. The molecule has 0 bridgehead atoms. The van der Waals surface area contributed by atoms with Crippen molar-refractivity contribution in [1.29, 1.82) is 0 Å². The maximum atomic E-state index is 12.8. The first-order chi connectivity index (χ1) is 14.1. The molecule has 0 radical (unpaired) electrons. The smallest absolute Gasteiger partial charge is 0.272 e. The highest BCUT2D eigenvalue weighted by Crippen LogP contribution is 2.10. The summed E-state index contributed by atoms with van der Waals surface area (Å²) in [4.78, 5) is 27.5. The van der Waals surface area contributed by atoms with Crippen molar-refractivity contribution in [1.82, 2.24) is 24.7 Å². The molecule has 1 aromatic carbocycles. The zero-order valence-electron chi connectivity index (χ0n) is 17.3. The Morgan fingerprint density at radius 3 is 2.62 bits per heavy atom. The molecule has 0 aliphatic carbocycles. The number of anilines is 1. The quantitative estimate of drug-likeness (QED) is 0.738. The van der Waals surface area contributed by atoms with Crippen LogP contribution in [0.15, 0.2) is 48.8 Å². The first kappa shape index (κ1) is 21.0. The minimum Gasteiger partial charge on any atom is -0.369 e. The molecule has 1 aliphatic rings. The van der Waals surface area contributed by atoms with E-state index >= 15 is 0 Å². The van der Waals surface area contributed by atoms with Crippen molar-refractivity contribution in [3.63, 3.8) is 0 Å². The van der Waals surface area contributed by atoms with Gasteiger partial charge in [-0.25, -0.2) is 9.97 Å². The molecule has 0 spiro atoms. The van der Waals surface area contributed by atoms with E-state index in [1.807, 2.05) is 37.2 Å². The molecule has 0 saturated carbocycles. The van der Waals surface area contributed by atoms with Crippen LogP contribution in [0.1, 0.15) is 16.1 Å². The molecule has 2 heterocycles. The number of nitrogens with zero attached hydrogens (tertiary/aromatic N) is 5. The highest BCUT2D eigenvalue weighted by Gasteiger charge is 2.22. The summed E-state index contributed by atoms with van der Waals surface area (Å²) < 4.78 is 0. The summed E-state index contributed by atoms with van der Waals surface area (Å²) in [6.07, 6.45) is 5.78. The lowest BCUT2D eigenvalue weighted by atomic mass is 10.2. The predicted octanol–water partition coefficient (Wildman–Crippen LogP) is 1.92. The summed E-state index contributed by atoms with van der Waals surface area (Å²) >= 11 is 0. The van der Waals surface area contributed by atoms with Crippen molar-refractivity contribution in [2.45, 2.75) is 0 Å². The Morgan fingerprint density at radius 2 is 1.90 bits per heavy atom. The fraction of sp³-hybridized carbons (Fsp3) is 0.409. The van der Waals surface area contributed by atoms with Crippen LogP contribution in [0.25, 0.3) is 6.08 Å². The number of hydrogen-bond acceptors (Lipinski definition) is 6. The molecule has 1 aliphatic heterocycles. The Balaban J connectivity index is 1.46. The molecule has 29 heavy (non-hydrogen) atoms. The van der Waals surface area contributed by atoms with E-state index in [0.29, 0.717) is 24.6 Å². The molecule has 7 nitrogen and oxygen atoms in total. The Kier molecular flexibility index (Phi) is 7.72. The van der Waals surface area contributed by atoms with Crippen molar-refractivity contribution < 1.29 is 4.79 Å². The average molecular weight is 395 g/mol. The van der Waals surface area contributed by atoms with Gasteiger partial charge in [0.2, 0.25) is 0 Å². The monoisotopic (exact) mass is 394 g/mol. The number of carbonyl (C=O) groups excluding carboxylic acids is 1. The Hall–Kier alpha value is -2.77. The number of nitrogens with one attached hydrogen (secondary N) is 1. The van der Waals surface area contributed by atoms with Crippen LogP contribution in [0.5, 0.6) is 0 Å². The highest BCUT2D eigenvalue weighted by molar-refractivity contribution is 5.93. The third-order valence-electron chi connectivity index (χ3n) is 4.88. The summed E-state index contributed by atoms with van der Waals surface area (Å²) in [6.45, 7) is 5.72. The molecule has 0 unspecified atom stereocenters. The maximum absolute atomic E-state index is 12.8. The molecule has 1 saturated heterocycles. The molecular formula is C22H30N6O. The molecule has 3 rings (SSSR count). The Morgan fingerprint density at radius 1 is 1.14 bits per heavy atom. The van der Waals surface area contributed by atoms with Crippen molar-refractivity contribution in [2.24, 2.45) is 0 Å². The van der Waals surface area contributed by atoms with Gasteiger partial charge in [-0.05, 0) is 19.7 Å². The lowest BCUT2D eigenvalue weighted by Crippen LogP contribution is -2.48. The van der Waals surface area contributed by atoms with Crippen molar-refractivity contribution >= 4 is 17.8 Å². The second kappa shape index (κ2) is 10.7. The summed E-state index contributed by atoms with van der Waals surface area (Å²) in [5, 5.41) is 3.24. The van der Waals surface area contributed by atoms with Gasteiger partial charge >= 0.3 is 0 Å². The van der Waals surface area contributed by atoms with E-state index < -0.39 is 0 Å². The minimum absolute atomic E-state index is 0.0254. The second-order valence-corrected chi connectivity index (χ2v) is 7.42. The Labute approximate surface area is 173 Å². The lowest BCUT2D eigenvalue weighted by molar-refractivity contribution is 0.0644. The van der Waals surface area contributed by atoms with Crippen LogP contribution < -0.4 is 5.32 Å². The molecule has 1 aromatic heterocycles. The van der Waals surface area contributed by atoms with Crippen molar-refractivity contribution in [3.05, 3.63) is 60.1 Å². The van der Waals surface area contributed by atoms with E-state index in [4.69, 9.17) is 0 Å². The lowest BCUT2D eigenvalue weighted by Gasteiger charge is -2.34. The number of likely N-dealkylation sites (N-methyl/N-ethyl adjacent to an activating group) is 1. The van der Waals surface area contributed by atoms with E-state index in [1.165, 1.54) is 11.9 Å². The first-order valence-corrected chi connectivity index (χ1v) is 10.1. The van der Waals surface area contributed by atoms with Crippen LogP contribution >= 0.6 is 0 Å². The Bertz CT molecular complexity index is 800. The number of piperazine rings is 1. The zero-order valence-corrected chi connectivity index (χ0v) is 17.3.